The van der Waals surface area contributed by atoms with Gasteiger partial charge in [-0.25, -0.2) is 9.78 Å². The fourth-order valence-corrected chi connectivity index (χ4v) is 8.23. The Hall–Kier alpha value is -3.20. The van der Waals surface area contributed by atoms with Crippen molar-refractivity contribution in [2.75, 3.05) is 19.6 Å². The van der Waals surface area contributed by atoms with Crippen LogP contribution in [0.4, 0.5) is 4.79 Å². The highest BCUT2D eigenvalue weighted by atomic mass is 16.3. The van der Waals surface area contributed by atoms with Crippen LogP contribution in [0.15, 0.2) is 47.2 Å². The lowest BCUT2D eigenvalue weighted by atomic mass is 9.79. The maximum absolute atomic E-state index is 14.1. The molecular formula is C33H45N5O4. The van der Waals surface area contributed by atoms with Gasteiger partial charge in [-0.05, 0) is 56.4 Å². The Morgan fingerprint density at radius 3 is 2.36 bits per heavy atom. The molecule has 4 aliphatic rings. The number of piperidine rings is 1. The number of urea groups is 1. The third-order valence-electron chi connectivity index (χ3n) is 9.90. The van der Waals surface area contributed by atoms with Crippen LogP contribution in [0, 0.1) is 11.3 Å². The van der Waals surface area contributed by atoms with E-state index in [9.17, 15) is 14.4 Å². The highest BCUT2D eigenvalue weighted by Gasteiger charge is 2.63. The smallest absolute Gasteiger partial charge is 0.328 e. The summed E-state index contributed by atoms with van der Waals surface area (Å²) in [6.45, 7) is 12.8. The number of benzene rings is 1. The van der Waals surface area contributed by atoms with Crippen LogP contribution in [0.25, 0.3) is 0 Å². The molecule has 4 aliphatic heterocycles. The van der Waals surface area contributed by atoms with E-state index >= 15 is 0 Å². The normalized spacial score (nSPS) is 30.0. The molecule has 4 saturated heterocycles. The van der Waals surface area contributed by atoms with Gasteiger partial charge in [0.2, 0.25) is 11.8 Å². The van der Waals surface area contributed by atoms with Crippen molar-refractivity contribution in [3.63, 3.8) is 0 Å². The summed E-state index contributed by atoms with van der Waals surface area (Å²) in [5.41, 5.74) is 0.411. The first-order chi connectivity index (χ1) is 20.0. The number of amides is 4. The monoisotopic (exact) mass is 575 g/mol. The van der Waals surface area contributed by atoms with Gasteiger partial charge in [0.1, 0.15) is 18.3 Å². The maximum Gasteiger partial charge on any atom is 0.328 e. The van der Waals surface area contributed by atoms with Crippen LogP contribution in [0.2, 0.25) is 0 Å². The van der Waals surface area contributed by atoms with Gasteiger partial charge in [-0.3, -0.25) is 19.4 Å². The van der Waals surface area contributed by atoms with Crippen molar-refractivity contribution in [3.05, 3.63) is 54.2 Å². The van der Waals surface area contributed by atoms with Crippen LogP contribution in [0.1, 0.15) is 84.1 Å². The largest absolute Gasteiger partial charge is 0.447 e. The first-order valence-electron chi connectivity index (χ1n) is 15.6. The van der Waals surface area contributed by atoms with Gasteiger partial charge in [-0.1, -0.05) is 51.1 Å². The Bertz CT molecular complexity index is 1290. The zero-order chi connectivity index (χ0) is 29.8. The summed E-state index contributed by atoms with van der Waals surface area (Å²) >= 11 is 0. The molecule has 2 aromatic rings. The summed E-state index contributed by atoms with van der Waals surface area (Å²) in [5, 5.41) is 0. The van der Waals surface area contributed by atoms with Crippen LogP contribution in [-0.4, -0.2) is 85.7 Å². The van der Waals surface area contributed by atoms with E-state index in [0.29, 0.717) is 31.1 Å². The minimum atomic E-state index is -0.830. The number of carbonyl (C=O) groups is 3. The molecule has 1 aromatic heterocycles. The third kappa shape index (κ3) is 5.14. The van der Waals surface area contributed by atoms with Gasteiger partial charge < -0.3 is 14.2 Å². The summed E-state index contributed by atoms with van der Waals surface area (Å²) in [6.07, 6.45) is 6.89. The molecule has 2 bridgehead atoms. The Morgan fingerprint density at radius 1 is 1.07 bits per heavy atom. The summed E-state index contributed by atoms with van der Waals surface area (Å²) < 4.78 is 5.40. The average molecular weight is 576 g/mol. The highest BCUT2D eigenvalue weighted by Crippen LogP contribution is 2.49. The molecule has 9 nitrogen and oxygen atoms in total. The summed E-state index contributed by atoms with van der Waals surface area (Å²) in [4.78, 5) is 53.1. The lowest BCUT2D eigenvalue weighted by Gasteiger charge is -2.48. The second-order valence-corrected chi connectivity index (χ2v) is 14.4. The zero-order valence-corrected chi connectivity index (χ0v) is 25.7. The fourth-order valence-electron chi connectivity index (χ4n) is 8.23. The molecule has 226 valence electrons. The Labute approximate surface area is 249 Å². The summed E-state index contributed by atoms with van der Waals surface area (Å²) in [6, 6.07) is 10.7. The van der Waals surface area contributed by atoms with Crippen molar-refractivity contribution in [3.8, 4) is 0 Å². The first kappa shape index (κ1) is 28.9. The number of fused-ring (bicyclic) bond motifs is 2. The molecule has 0 N–H and O–H groups in total. The molecule has 0 saturated carbocycles. The fraction of sp³-hybridized carbons (Fsp3) is 0.636. The highest BCUT2D eigenvalue weighted by molar-refractivity contribution is 6.07. The van der Waals surface area contributed by atoms with Crippen LogP contribution in [-0.2, 0) is 16.1 Å². The zero-order valence-electron chi connectivity index (χ0n) is 25.7. The Balaban J connectivity index is 1.23. The SMILES string of the molecule is CC(C)N1C(=O)N(Cc2ncco2)C(=O)C12CC1CCC(C2)N1C[C@H]1CN(C(=O)CC(C)(C)C)C[C@@H]1c1ccccc1. The Kier molecular flexibility index (Phi) is 7.44. The van der Waals surface area contributed by atoms with Gasteiger partial charge in [-0.15, -0.1) is 0 Å². The molecule has 9 heteroatoms. The number of hydrogen-bond donors (Lipinski definition) is 0. The molecule has 0 aliphatic carbocycles. The van der Waals surface area contributed by atoms with Crippen molar-refractivity contribution in [2.24, 2.45) is 11.3 Å². The number of carbonyl (C=O) groups excluding carboxylic acids is 3. The third-order valence-corrected chi connectivity index (χ3v) is 9.90. The van der Waals surface area contributed by atoms with Gasteiger partial charge >= 0.3 is 6.03 Å². The van der Waals surface area contributed by atoms with Crippen LogP contribution in [0.5, 0.6) is 0 Å². The van der Waals surface area contributed by atoms with E-state index in [1.165, 1.54) is 16.7 Å². The van der Waals surface area contributed by atoms with Gasteiger partial charge in [0.15, 0.2) is 0 Å². The van der Waals surface area contributed by atoms with Gasteiger partial charge in [0.25, 0.3) is 5.91 Å². The van der Waals surface area contributed by atoms with E-state index in [1.54, 1.807) is 6.20 Å². The topological polar surface area (TPSA) is 90.2 Å². The summed E-state index contributed by atoms with van der Waals surface area (Å²) in [7, 11) is 0. The van der Waals surface area contributed by atoms with Crippen molar-refractivity contribution >= 4 is 17.8 Å². The van der Waals surface area contributed by atoms with Gasteiger partial charge in [0.05, 0.1) is 6.20 Å². The predicted octanol–water partition coefficient (Wildman–Crippen LogP) is 4.89. The van der Waals surface area contributed by atoms with Crippen molar-refractivity contribution in [2.45, 2.75) is 103 Å². The number of imide groups is 1. The van der Waals surface area contributed by atoms with Crippen LogP contribution < -0.4 is 0 Å². The van der Waals surface area contributed by atoms with E-state index in [0.717, 1.165) is 32.5 Å². The van der Waals surface area contributed by atoms with Gasteiger partial charge in [0, 0.05) is 50.1 Å². The minimum Gasteiger partial charge on any atom is -0.447 e. The molecule has 6 rings (SSSR count). The molecule has 5 heterocycles. The Morgan fingerprint density at radius 2 is 1.76 bits per heavy atom. The van der Waals surface area contributed by atoms with Crippen molar-refractivity contribution in [1.82, 2.24) is 24.6 Å². The lowest BCUT2D eigenvalue weighted by Crippen LogP contribution is -2.62. The van der Waals surface area contributed by atoms with Gasteiger partial charge in [-0.2, -0.15) is 0 Å². The quantitative estimate of drug-likeness (QED) is 0.437. The molecule has 1 spiro atoms. The van der Waals surface area contributed by atoms with E-state index in [-0.39, 0.29) is 53.8 Å². The van der Waals surface area contributed by atoms with Crippen molar-refractivity contribution < 1.29 is 18.8 Å². The van der Waals surface area contributed by atoms with E-state index in [2.05, 4.69) is 59.8 Å². The molecule has 1 aromatic carbocycles. The number of nitrogens with zero attached hydrogens (tertiary/aromatic N) is 5. The number of rotatable bonds is 7. The van der Waals surface area contributed by atoms with Crippen LogP contribution in [0.3, 0.4) is 0 Å². The number of likely N-dealkylation sites (tertiary alicyclic amines) is 1. The molecule has 0 radical (unpaired) electrons. The average Bonchev–Trinajstić information content (AvgIpc) is 3.68. The number of oxazole rings is 1. The molecule has 4 amide bonds. The number of aromatic nitrogens is 1. The molecular weight excluding hydrogens is 530 g/mol. The maximum atomic E-state index is 14.1. The van der Waals surface area contributed by atoms with Crippen LogP contribution >= 0.6 is 0 Å². The standard InChI is InChI=1S/C33H45N5O4/c1-22(2)38-31(41)37(21-28-34-13-14-42-28)30(40)33(38)15-25-11-12-26(16-33)36(25)19-24-18-35(29(39)17-32(3,4)5)20-27(24)23-9-7-6-8-10-23/h6-10,13-14,22,24-27H,11-12,15-21H2,1-5H3/t24-,25?,26?,27-,33?/m1/s1. The summed E-state index contributed by atoms with van der Waals surface area (Å²) in [5.74, 6) is 1.09. The lowest BCUT2D eigenvalue weighted by molar-refractivity contribution is -0.138. The van der Waals surface area contributed by atoms with E-state index in [4.69, 9.17) is 4.42 Å². The molecule has 2 unspecified atom stereocenters. The first-order valence-corrected chi connectivity index (χ1v) is 15.6. The molecule has 4 atom stereocenters. The van der Waals surface area contributed by atoms with E-state index in [1.807, 2.05) is 24.8 Å². The minimum absolute atomic E-state index is 0.0495. The second-order valence-electron chi connectivity index (χ2n) is 14.4. The predicted molar refractivity (Wildman–Crippen MR) is 158 cm³/mol. The molecule has 4 fully saturated rings. The second kappa shape index (κ2) is 10.8. The van der Waals surface area contributed by atoms with Crippen molar-refractivity contribution in [1.29, 1.82) is 0 Å². The molecule has 42 heavy (non-hydrogen) atoms. The van der Waals surface area contributed by atoms with E-state index < -0.39 is 5.54 Å². The number of hydrogen-bond acceptors (Lipinski definition) is 6.